The summed E-state index contributed by atoms with van der Waals surface area (Å²) in [5.74, 6) is 1.36. The van der Waals surface area contributed by atoms with Crippen molar-refractivity contribution in [1.29, 1.82) is 0 Å². The Morgan fingerprint density at radius 2 is 1.13 bits per heavy atom. The summed E-state index contributed by atoms with van der Waals surface area (Å²) in [6.45, 7) is 1.21. The summed E-state index contributed by atoms with van der Waals surface area (Å²) in [7, 11) is 0. The van der Waals surface area contributed by atoms with E-state index >= 15 is 0 Å². The molecule has 0 radical (unpaired) electrons. The van der Waals surface area contributed by atoms with E-state index in [1.54, 1.807) is 36.4 Å². The monoisotopic (exact) mass is 540 g/mol. The van der Waals surface area contributed by atoms with Crippen LogP contribution in [0.15, 0.2) is 46.6 Å². The first-order valence-corrected chi connectivity index (χ1v) is 12.0. The average molecular weight is 542 g/mol. The van der Waals surface area contributed by atoms with E-state index in [1.807, 2.05) is 0 Å². The number of alkyl halides is 2. The molecule has 0 saturated heterocycles. The molecule has 2 rings (SSSR count). The van der Waals surface area contributed by atoms with Crippen LogP contribution in [-0.2, 0) is 0 Å². The Kier molecular flexibility index (Phi) is 11.3. The molecule has 30 heavy (non-hydrogen) atoms. The smallest absolute Gasteiger partial charge is 0.128 e. The van der Waals surface area contributed by atoms with Crippen LogP contribution in [0.2, 0.25) is 0 Å². The lowest BCUT2D eigenvalue weighted by molar-refractivity contribution is 0.308. The van der Waals surface area contributed by atoms with Gasteiger partial charge < -0.3 is 19.7 Å². The van der Waals surface area contributed by atoms with Gasteiger partial charge in [0, 0.05) is 33.9 Å². The number of hydrogen-bond acceptors (Lipinski definition) is 6. The van der Waals surface area contributed by atoms with E-state index in [1.165, 1.54) is 12.4 Å². The Hall–Kier alpha value is -2.06. The lowest BCUT2D eigenvalue weighted by atomic mass is 10.2. The number of hydrogen-bond donors (Lipinski definition) is 2. The minimum absolute atomic E-state index is 0.0659. The molecule has 0 spiro atoms. The van der Waals surface area contributed by atoms with Gasteiger partial charge in [-0.05, 0) is 49.9 Å². The molecule has 162 valence electrons. The van der Waals surface area contributed by atoms with E-state index in [2.05, 4.69) is 42.1 Å². The first-order chi connectivity index (χ1) is 14.6. The zero-order chi connectivity index (χ0) is 21.6. The highest BCUT2D eigenvalue weighted by Crippen LogP contribution is 2.24. The maximum absolute atomic E-state index is 10.1. The van der Waals surface area contributed by atoms with Crippen molar-refractivity contribution < 1.29 is 19.7 Å². The molecule has 0 aromatic heterocycles. The number of nitrogens with zero attached hydrogens (tertiary/aromatic N) is 2. The molecule has 0 aliphatic heterocycles. The molecule has 0 unspecified atom stereocenters. The maximum atomic E-state index is 10.1. The second-order valence-electron chi connectivity index (χ2n) is 6.42. The Morgan fingerprint density at radius 1 is 0.700 bits per heavy atom. The van der Waals surface area contributed by atoms with Crippen molar-refractivity contribution in [1.82, 2.24) is 0 Å². The van der Waals surface area contributed by atoms with E-state index in [9.17, 15) is 10.2 Å². The molecule has 0 saturated carbocycles. The van der Waals surface area contributed by atoms with Crippen LogP contribution in [0.3, 0.4) is 0 Å². The number of aromatic hydroxyl groups is 2. The Bertz CT molecular complexity index is 774. The molecular formula is C22H26Br2N2O4. The van der Waals surface area contributed by atoms with Crippen LogP contribution in [-0.4, -0.2) is 46.5 Å². The lowest BCUT2D eigenvalue weighted by Crippen LogP contribution is -1.98. The van der Waals surface area contributed by atoms with E-state index in [4.69, 9.17) is 9.47 Å². The van der Waals surface area contributed by atoms with Gasteiger partial charge in [-0.1, -0.05) is 31.9 Å². The molecule has 0 fully saturated rings. The molecule has 0 atom stereocenters. The van der Waals surface area contributed by atoms with Gasteiger partial charge in [-0.15, -0.1) is 0 Å². The Labute approximate surface area is 193 Å². The SMILES string of the molecule is Oc1cc(OCCCCBr)ccc1C=N/N=C/c1ccc(OCCCCBr)cc1O. The van der Waals surface area contributed by atoms with E-state index in [-0.39, 0.29) is 11.5 Å². The molecule has 8 heteroatoms. The summed E-state index contributed by atoms with van der Waals surface area (Å²) in [5.41, 5.74) is 1.05. The fraction of sp³-hybridized carbons (Fsp3) is 0.364. The predicted octanol–water partition coefficient (Wildman–Crippen LogP) is 5.66. The standard InChI is InChI=1S/C22H26Br2N2O4/c23-9-1-3-11-29-19-7-5-17(21(27)13-19)15-25-26-16-18-6-8-20(14-22(18)28)30-12-4-2-10-24/h5-8,13-16,27-28H,1-4,9-12H2/b25-15+,26-16?. The third-order valence-electron chi connectivity index (χ3n) is 4.06. The Morgan fingerprint density at radius 3 is 1.50 bits per heavy atom. The summed E-state index contributed by atoms with van der Waals surface area (Å²) in [5, 5.41) is 30.0. The fourth-order valence-electron chi connectivity index (χ4n) is 2.41. The van der Waals surface area contributed by atoms with Crippen LogP contribution in [0.25, 0.3) is 0 Å². The normalized spacial score (nSPS) is 11.4. The molecule has 2 aromatic rings. The number of halogens is 2. The summed E-state index contributed by atoms with van der Waals surface area (Å²) in [4.78, 5) is 0. The lowest BCUT2D eigenvalue weighted by Gasteiger charge is -2.07. The summed E-state index contributed by atoms with van der Waals surface area (Å²) in [6, 6.07) is 10.1. The molecule has 0 amide bonds. The maximum Gasteiger partial charge on any atom is 0.128 e. The van der Waals surface area contributed by atoms with Crippen LogP contribution in [0, 0.1) is 0 Å². The largest absolute Gasteiger partial charge is 0.507 e. The minimum Gasteiger partial charge on any atom is -0.507 e. The van der Waals surface area contributed by atoms with Gasteiger partial charge in [0.1, 0.15) is 23.0 Å². The van der Waals surface area contributed by atoms with Crippen LogP contribution in [0.5, 0.6) is 23.0 Å². The topological polar surface area (TPSA) is 83.6 Å². The fourth-order valence-corrected chi connectivity index (χ4v) is 3.20. The van der Waals surface area contributed by atoms with Crippen LogP contribution >= 0.6 is 31.9 Å². The summed E-state index contributed by atoms with van der Waals surface area (Å²) >= 11 is 6.76. The number of phenolic OH excluding ortho intramolecular Hbond substituents is 2. The minimum atomic E-state index is 0.0659. The van der Waals surface area contributed by atoms with Crippen molar-refractivity contribution in [2.24, 2.45) is 10.2 Å². The predicted molar refractivity (Wildman–Crippen MR) is 128 cm³/mol. The van der Waals surface area contributed by atoms with E-state index in [0.717, 1.165) is 36.3 Å². The summed E-state index contributed by atoms with van der Waals surface area (Å²) < 4.78 is 11.2. The second kappa shape index (κ2) is 14.0. The van der Waals surface area contributed by atoms with Gasteiger partial charge in [0.2, 0.25) is 0 Å². The summed E-state index contributed by atoms with van der Waals surface area (Å²) in [6.07, 6.45) is 6.86. The first-order valence-electron chi connectivity index (χ1n) is 9.74. The molecule has 0 bridgehead atoms. The highest BCUT2D eigenvalue weighted by atomic mass is 79.9. The highest BCUT2D eigenvalue weighted by Gasteiger charge is 2.03. The molecular weight excluding hydrogens is 516 g/mol. The average Bonchev–Trinajstić information content (AvgIpc) is 2.74. The van der Waals surface area contributed by atoms with Crippen LogP contribution in [0.4, 0.5) is 0 Å². The number of phenols is 2. The number of rotatable bonds is 13. The number of unbranched alkanes of at least 4 members (excludes halogenated alkanes) is 2. The number of ether oxygens (including phenoxy) is 2. The van der Waals surface area contributed by atoms with Gasteiger partial charge in [-0.3, -0.25) is 0 Å². The van der Waals surface area contributed by atoms with E-state index < -0.39 is 0 Å². The molecule has 6 nitrogen and oxygen atoms in total. The Balaban J connectivity index is 1.88. The van der Waals surface area contributed by atoms with Gasteiger partial charge in [-0.2, -0.15) is 10.2 Å². The van der Waals surface area contributed by atoms with Crippen molar-refractivity contribution in [2.45, 2.75) is 25.7 Å². The third-order valence-corrected chi connectivity index (χ3v) is 5.18. The molecule has 2 N–H and O–H groups in total. The van der Waals surface area contributed by atoms with Crippen molar-refractivity contribution in [2.75, 3.05) is 23.9 Å². The van der Waals surface area contributed by atoms with Crippen molar-refractivity contribution >= 4 is 44.3 Å². The van der Waals surface area contributed by atoms with Gasteiger partial charge in [0.15, 0.2) is 0 Å². The van der Waals surface area contributed by atoms with Gasteiger partial charge in [0.25, 0.3) is 0 Å². The zero-order valence-electron chi connectivity index (χ0n) is 16.6. The van der Waals surface area contributed by atoms with Gasteiger partial charge >= 0.3 is 0 Å². The van der Waals surface area contributed by atoms with Gasteiger partial charge in [-0.25, -0.2) is 0 Å². The molecule has 0 aliphatic rings. The van der Waals surface area contributed by atoms with Crippen LogP contribution < -0.4 is 9.47 Å². The molecule has 2 aromatic carbocycles. The first kappa shape index (κ1) is 24.2. The molecule has 0 heterocycles. The second-order valence-corrected chi connectivity index (χ2v) is 8.01. The van der Waals surface area contributed by atoms with Crippen molar-refractivity contribution in [3.8, 4) is 23.0 Å². The molecule has 0 aliphatic carbocycles. The third kappa shape index (κ3) is 8.75. The van der Waals surface area contributed by atoms with Gasteiger partial charge in [0.05, 0.1) is 25.6 Å². The number of benzene rings is 2. The van der Waals surface area contributed by atoms with Crippen LogP contribution in [0.1, 0.15) is 36.8 Å². The highest BCUT2D eigenvalue weighted by molar-refractivity contribution is 9.09. The van der Waals surface area contributed by atoms with Crippen molar-refractivity contribution in [3.63, 3.8) is 0 Å². The quantitative estimate of drug-likeness (QED) is 0.148. The van der Waals surface area contributed by atoms with E-state index in [0.29, 0.717) is 35.8 Å². The van der Waals surface area contributed by atoms with Crippen molar-refractivity contribution in [3.05, 3.63) is 47.5 Å². The zero-order valence-corrected chi connectivity index (χ0v) is 19.8.